The number of rotatable bonds is 3. The van der Waals surface area contributed by atoms with Gasteiger partial charge in [-0.15, -0.1) is 0 Å². The summed E-state index contributed by atoms with van der Waals surface area (Å²) in [5, 5.41) is 10.2. The molecule has 1 nitrogen and oxygen atoms in total. The highest BCUT2D eigenvalue weighted by Gasteiger charge is 2.29. The fourth-order valence-corrected chi connectivity index (χ4v) is 3.22. The van der Waals surface area contributed by atoms with Crippen molar-refractivity contribution in [1.29, 1.82) is 5.26 Å². The summed E-state index contributed by atoms with van der Waals surface area (Å²) in [5.74, 6) is 1.05. The molecule has 1 rings (SSSR count). The predicted octanol–water partition coefficient (Wildman–Crippen LogP) is 3.46. The molecule has 0 aromatic rings. The van der Waals surface area contributed by atoms with Gasteiger partial charge >= 0.3 is 0 Å². The molecule has 1 aliphatic carbocycles. The first-order chi connectivity index (χ1) is 6.15. The van der Waals surface area contributed by atoms with Crippen LogP contribution in [0.25, 0.3) is 0 Å². The van der Waals surface area contributed by atoms with E-state index in [1.54, 1.807) is 0 Å². The predicted molar refractivity (Wildman–Crippen MR) is 58.6 cm³/mol. The second-order valence-corrected chi connectivity index (χ2v) is 5.91. The molecule has 0 saturated heterocycles. The largest absolute Gasteiger partial charge is 0.198 e. The Morgan fingerprint density at radius 2 is 2.00 bits per heavy atom. The Morgan fingerprint density at radius 1 is 1.31 bits per heavy atom. The molecule has 0 N–H and O–H groups in total. The third kappa shape index (κ3) is 2.91. The number of nitriles is 1. The molecule has 1 fully saturated rings. The molecule has 0 aromatic carbocycles. The molecule has 0 aliphatic heterocycles. The summed E-state index contributed by atoms with van der Waals surface area (Å²) in [4.78, 5) is 0. The number of hydrogen-bond donors (Lipinski definition) is 0. The topological polar surface area (TPSA) is 23.8 Å². The molecule has 2 heteroatoms. The van der Waals surface area contributed by atoms with Crippen LogP contribution >= 0.6 is 11.8 Å². The Kier molecular flexibility index (Phi) is 4.12. The van der Waals surface area contributed by atoms with Gasteiger partial charge in [-0.1, -0.05) is 27.2 Å². The number of hydrogen-bond acceptors (Lipinski definition) is 2. The maximum absolute atomic E-state index is 8.92. The van der Waals surface area contributed by atoms with E-state index in [0.29, 0.717) is 16.4 Å². The molecule has 74 valence electrons. The van der Waals surface area contributed by atoms with Gasteiger partial charge in [-0.2, -0.15) is 17.0 Å². The van der Waals surface area contributed by atoms with Crippen LogP contribution in [0, 0.1) is 23.2 Å². The average Bonchev–Trinajstić information content (AvgIpc) is 2.51. The molecule has 3 atom stereocenters. The second kappa shape index (κ2) is 4.91. The van der Waals surface area contributed by atoms with E-state index in [4.69, 9.17) is 5.26 Å². The van der Waals surface area contributed by atoms with Crippen LogP contribution in [0.4, 0.5) is 0 Å². The third-order valence-corrected chi connectivity index (χ3v) is 4.83. The van der Waals surface area contributed by atoms with Gasteiger partial charge in [0.2, 0.25) is 0 Å². The van der Waals surface area contributed by atoms with Gasteiger partial charge in [0, 0.05) is 10.5 Å². The molecule has 0 amide bonds. The molecule has 0 radical (unpaired) electrons. The fourth-order valence-electron chi connectivity index (χ4n) is 1.67. The van der Waals surface area contributed by atoms with E-state index in [1.165, 1.54) is 12.8 Å². The highest BCUT2D eigenvalue weighted by atomic mass is 32.2. The van der Waals surface area contributed by atoms with Crippen LogP contribution in [-0.2, 0) is 0 Å². The molecule has 0 spiro atoms. The van der Waals surface area contributed by atoms with Crippen LogP contribution in [0.5, 0.6) is 0 Å². The zero-order chi connectivity index (χ0) is 9.84. The maximum Gasteiger partial charge on any atom is 0.0667 e. The summed E-state index contributed by atoms with van der Waals surface area (Å²) in [6, 6.07) is 2.44. The molecule has 1 saturated carbocycles. The first-order valence-electron chi connectivity index (χ1n) is 5.20. The monoisotopic (exact) mass is 197 g/mol. The average molecular weight is 197 g/mol. The maximum atomic E-state index is 8.92. The van der Waals surface area contributed by atoms with Crippen LogP contribution in [0.1, 0.15) is 40.0 Å². The van der Waals surface area contributed by atoms with Gasteiger partial charge in [0.1, 0.15) is 0 Å². The number of thioether (sulfide) groups is 1. The lowest BCUT2D eigenvalue weighted by Gasteiger charge is -2.21. The Labute approximate surface area is 85.9 Å². The molecule has 3 unspecified atom stereocenters. The summed E-state index contributed by atoms with van der Waals surface area (Å²) >= 11 is 2.03. The van der Waals surface area contributed by atoms with E-state index in [2.05, 4.69) is 26.8 Å². The first-order valence-corrected chi connectivity index (χ1v) is 6.14. The van der Waals surface area contributed by atoms with Crippen molar-refractivity contribution in [3.8, 4) is 6.07 Å². The van der Waals surface area contributed by atoms with Crippen molar-refractivity contribution < 1.29 is 0 Å². The lowest BCUT2D eigenvalue weighted by atomic mass is 10.1. The summed E-state index contributed by atoms with van der Waals surface area (Å²) in [6.45, 7) is 6.80. The first kappa shape index (κ1) is 10.9. The zero-order valence-electron chi connectivity index (χ0n) is 8.79. The molecule has 13 heavy (non-hydrogen) atoms. The van der Waals surface area contributed by atoms with Gasteiger partial charge in [-0.3, -0.25) is 0 Å². The lowest BCUT2D eigenvalue weighted by Crippen LogP contribution is -2.15. The normalized spacial score (nSPS) is 30.4. The van der Waals surface area contributed by atoms with Crippen LogP contribution in [-0.4, -0.2) is 10.5 Å². The van der Waals surface area contributed by atoms with Gasteiger partial charge in [0.05, 0.1) is 12.0 Å². The van der Waals surface area contributed by atoms with Crippen molar-refractivity contribution in [2.24, 2.45) is 11.8 Å². The van der Waals surface area contributed by atoms with E-state index in [0.717, 1.165) is 12.3 Å². The van der Waals surface area contributed by atoms with Gasteiger partial charge in [0.25, 0.3) is 0 Å². The summed E-state index contributed by atoms with van der Waals surface area (Å²) in [6.07, 6.45) is 3.62. The van der Waals surface area contributed by atoms with Crippen LogP contribution in [0.3, 0.4) is 0 Å². The third-order valence-electron chi connectivity index (χ3n) is 2.95. The SMILES string of the molecule is CC(C)C(C)SC1CCCC1C#N. The quantitative estimate of drug-likeness (QED) is 0.692. The van der Waals surface area contributed by atoms with Crippen molar-refractivity contribution >= 4 is 11.8 Å². The Balaban J connectivity index is 2.40. The molecule has 1 aliphatic rings. The van der Waals surface area contributed by atoms with Crippen molar-refractivity contribution in [3.05, 3.63) is 0 Å². The van der Waals surface area contributed by atoms with Gasteiger partial charge in [-0.05, 0) is 18.8 Å². The van der Waals surface area contributed by atoms with Crippen molar-refractivity contribution in [2.75, 3.05) is 0 Å². The van der Waals surface area contributed by atoms with Gasteiger partial charge in [-0.25, -0.2) is 0 Å². The van der Waals surface area contributed by atoms with Crippen molar-refractivity contribution in [3.63, 3.8) is 0 Å². The minimum absolute atomic E-state index is 0.325. The zero-order valence-corrected chi connectivity index (χ0v) is 9.60. The smallest absolute Gasteiger partial charge is 0.0667 e. The summed E-state index contributed by atoms with van der Waals surface area (Å²) < 4.78 is 0. The Bertz CT molecular complexity index is 195. The summed E-state index contributed by atoms with van der Waals surface area (Å²) in [7, 11) is 0. The standard InChI is InChI=1S/C11H19NS/c1-8(2)9(3)13-11-6-4-5-10(11)7-12/h8-11H,4-6H2,1-3H3. The van der Waals surface area contributed by atoms with E-state index >= 15 is 0 Å². The summed E-state index contributed by atoms with van der Waals surface area (Å²) in [5.41, 5.74) is 0. The van der Waals surface area contributed by atoms with Crippen molar-refractivity contribution in [2.45, 2.75) is 50.5 Å². The van der Waals surface area contributed by atoms with E-state index < -0.39 is 0 Å². The Hall–Kier alpha value is -0.160. The fraction of sp³-hybridized carbons (Fsp3) is 0.909. The van der Waals surface area contributed by atoms with E-state index in [1.807, 2.05) is 11.8 Å². The van der Waals surface area contributed by atoms with E-state index in [9.17, 15) is 0 Å². The molecular weight excluding hydrogens is 178 g/mol. The van der Waals surface area contributed by atoms with Gasteiger partial charge in [0.15, 0.2) is 0 Å². The molecule has 0 aromatic heterocycles. The molecule has 0 bridgehead atoms. The van der Waals surface area contributed by atoms with Gasteiger partial charge < -0.3 is 0 Å². The lowest BCUT2D eigenvalue weighted by molar-refractivity contribution is 0.632. The highest BCUT2D eigenvalue weighted by molar-refractivity contribution is 8.00. The minimum atomic E-state index is 0.325. The highest BCUT2D eigenvalue weighted by Crippen LogP contribution is 2.38. The van der Waals surface area contributed by atoms with Crippen LogP contribution in [0.15, 0.2) is 0 Å². The van der Waals surface area contributed by atoms with Crippen LogP contribution in [0.2, 0.25) is 0 Å². The van der Waals surface area contributed by atoms with Crippen molar-refractivity contribution in [1.82, 2.24) is 0 Å². The number of nitrogens with zero attached hydrogens (tertiary/aromatic N) is 1. The minimum Gasteiger partial charge on any atom is -0.198 e. The second-order valence-electron chi connectivity index (χ2n) is 4.29. The Morgan fingerprint density at radius 3 is 2.54 bits per heavy atom. The van der Waals surface area contributed by atoms with E-state index in [-0.39, 0.29) is 0 Å². The molecular formula is C11H19NS. The molecule has 0 heterocycles. The van der Waals surface area contributed by atoms with Crippen LogP contribution < -0.4 is 0 Å².